The maximum Gasteiger partial charge on any atom is 0.223 e. The molecule has 142 valence electrons. The van der Waals surface area contributed by atoms with Crippen molar-refractivity contribution >= 4 is 17.2 Å². The van der Waals surface area contributed by atoms with Crippen LogP contribution in [0, 0.1) is 0 Å². The zero-order valence-electron chi connectivity index (χ0n) is 15.4. The lowest BCUT2D eigenvalue weighted by atomic mass is 10.2. The Bertz CT molecular complexity index is 956. The van der Waals surface area contributed by atoms with Gasteiger partial charge in [0.25, 0.3) is 0 Å². The van der Waals surface area contributed by atoms with Crippen LogP contribution >= 0.6 is 11.3 Å². The Kier molecular flexibility index (Phi) is 5.68. The van der Waals surface area contributed by atoms with Crippen molar-refractivity contribution in [2.24, 2.45) is 0 Å². The van der Waals surface area contributed by atoms with Gasteiger partial charge in [-0.1, -0.05) is 24.3 Å². The van der Waals surface area contributed by atoms with Crippen LogP contribution in [0.2, 0.25) is 0 Å². The number of thiophene rings is 1. The summed E-state index contributed by atoms with van der Waals surface area (Å²) in [5.41, 5.74) is 2.06. The molecule has 4 aromatic rings. The summed E-state index contributed by atoms with van der Waals surface area (Å²) < 4.78 is 7.28. The van der Waals surface area contributed by atoms with Gasteiger partial charge in [0.15, 0.2) is 0 Å². The highest BCUT2D eigenvalue weighted by Gasteiger charge is 2.17. The molecule has 0 saturated carbocycles. The van der Waals surface area contributed by atoms with Gasteiger partial charge in [0.2, 0.25) is 5.91 Å². The van der Waals surface area contributed by atoms with Crippen LogP contribution in [0.1, 0.15) is 22.6 Å². The van der Waals surface area contributed by atoms with E-state index in [0.29, 0.717) is 25.9 Å². The number of carbonyl (C=O) groups is 1. The van der Waals surface area contributed by atoms with Crippen LogP contribution < -0.4 is 0 Å². The van der Waals surface area contributed by atoms with Gasteiger partial charge in [-0.25, -0.2) is 4.68 Å². The van der Waals surface area contributed by atoms with Gasteiger partial charge in [0.1, 0.15) is 5.76 Å². The molecular weight excluding hydrogens is 370 g/mol. The number of amides is 1. The molecule has 0 saturated heterocycles. The Morgan fingerprint density at radius 1 is 1.07 bits per heavy atom. The second kappa shape index (κ2) is 8.71. The number of furan rings is 1. The van der Waals surface area contributed by atoms with Gasteiger partial charge in [0, 0.05) is 17.5 Å². The Morgan fingerprint density at radius 3 is 2.71 bits per heavy atom. The number of nitrogens with zero attached hydrogens (tertiary/aromatic N) is 3. The first kappa shape index (κ1) is 18.3. The van der Waals surface area contributed by atoms with E-state index in [0.717, 1.165) is 21.9 Å². The normalized spacial score (nSPS) is 10.9. The number of hydrogen-bond acceptors (Lipinski definition) is 4. The third-order valence-corrected chi connectivity index (χ3v) is 5.35. The molecule has 1 aromatic carbocycles. The van der Waals surface area contributed by atoms with E-state index in [-0.39, 0.29) is 5.91 Å². The molecular formula is C22H21N3O2S. The Labute approximate surface area is 167 Å². The van der Waals surface area contributed by atoms with Crippen LogP contribution in [0.25, 0.3) is 5.69 Å². The second-order valence-electron chi connectivity index (χ2n) is 6.54. The first-order chi connectivity index (χ1) is 13.8. The lowest BCUT2D eigenvalue weighted by Crippen LogP contribution is -2.29. The summed E-state index contributed by atoms with van der Waals surface area (Å²) in [6.07, 6.45) is 6.55. The third-order valence-electron chi connectivity index (χ3n) is 4.49. The minimum atomic E-state index is 0.109. The number of carbonyl (C=O) groups excluding carboxylic acids is 1. The van der Waals surface area contributed by atoms with Crippen LogP contribution in [-0.4, -0.2) is 20.6 Å². The fraction of sp³-hybridized carbons (Fsp3) is 0.182. The van der Waals surface area contributed by atoms with Crippen LogP contribution in [0.4, 0.5) is 0 Å². The van der Waals surface area contributed by atoms with Crippen molar-refractivity contribution in [1.82, 2.24) is 14.7 Å². The molecule has 3 aromatic heterocycles. The van der Waals surface area contributed by atoms with Crippen molar-refractivity contribution in [2.45, 2.75) is 25.9 Å². The van der Waals surface area contributed by atoms with Gasteiger partial charge in [0.05, 0.1) is 31.2 Å². The number of rotatable bonds is 8. The molecule has 0 aliphatic heterocycles. The summed E-state index contributed by atoms with van der Waals surface area (Å²) in [6, 6.07) is 17.8. The monoisotopic (exact) mass is 391 g/mol. The maximum atomic E-state index is 12.9. The molecule has 0 N–H and O–H groups in total. The van der Waals surface area contributed by atoms with Gasteiger partial charge >= 0.3 is 0 Å². The van der Waals surface area contributed by atoms with Crippen LogP contribution in [0.15, 0.2) is 83.1 Å². The number of aromatic nitrogens is 2. The summed E-state index contributed by atoms with van der Waals surface area (Å²) in [7, 11) is 0. The maximum absolute atomic E-state index is 12.9. The second-order valence-corrected chi connectivity index (χ2v) is 7.57. The lowest BCUT2D eigenvalue weighted by molar-refractivity contribution is -0.132. The van der Waals surface area contributed by atoms with Gasteiger partial charge in [-0.2, -0.15) is 5.10 Å². The van der Waals surface area contributed by atoms with Crippen molar-refractivity contribution in [2.75, 3.05) is 0 Å². The number of para-hydroxylation sites is 1. The first-order valence-electron chi connectivity index (χ1n) is 9.19. The first-order valence-corrected chi connectivity index (χ1v) is 10.1. The lowest BCUT2D eigenvalue weighted by Gasteiger charge is -2.21. The molecule has 0 spiro atoms. The Hall–Kier alpha value is -3.12. The van der Waals surface area contributed by atoms with E-state index in [9.17, 15) is 4.79 Å². The SMILES string of the molecule is O=C(CCc1cnn(-c2ccccc2)c1)N(Cc1ccco1)Cc1cccs1. The predicted octanol–water partition coefficient (Wildman–Crippen LogP) is 4.69. The highest BCUT2D eigenvalue weighted by Crippen LogP contribution is 2.17. The van der Waals surface area contributed by atoms with E-state index in [1.165, 1.54) is 0 Å². The molecule has 0 fully saturated rings. The van der Waals surface area contributed by atoms with Crippen LogP contribution in [0.3, 0.4) is 0 Å². The molecule has 0 bridgehead atoms. The minimum Gasteiger partial charge on any atom is -0.467 e. The Balaban J connectivity index is 1.40. The molecule has 3 heterocycles. The molecule has 4 rings (SSSR count). The van der Waals surface area contributed by atoms with Gasteiger partial charge in [-0.15, -0.1) is 11.3 Å². The van der Waals surface area contributed by atoms with Crippen molar-refractivity contribution < 1.29 is 9.21 Å². The Morgan fingerprint density at radius 2 is 1.96 bits per heavy atom. The summed E-state index contributed by atoms with van der Waals surface area (Å²) in [5, 5.41) is 6.44. The van der Waals surface area contributed by atoms with Crippen molar-refractivity contribution in [3.8, 4) is 5.69 Å². The average Bonchev–Trinajstić information content (AvgIpc) is 3.49. The number of benzene rings is 1. The van der Waals surface area contributed by atoms with E-state index in [2.05, 4.69) is 11.2 Å². The number of aryl methyl sites for hydroxylation is 1. The van der Waals surface area contributed by atoms with Gasteiger partial charge in [-0.05, 0) is 47.7 Å². The molecule has 28 heavy (non-hydrogen) atoms. The molecule has 0 atom stereocenters. The fourth-order valence-corrected chi connectivity index (χ4v) is 3.75. The average molecular weight is 391 g/mol. The third kappa shape index (κ3) is 4.58. The molecule has 0 unspecified atom stereocenters. The summed E-state index contributed by atoms with van der Waals surface area (Å²) in [6.45, 7) is 1.08. The molecule has 0 radical (unpaired) electrons. The minimum absolute atomic E-state index is 0.109. The van der Waals surface area contributed by atoms with E-state index < -0.39 is 0 Å². The molecule has 0 aliphatic carbocycles. The van der Waals surface area contributed by atoms with E-state index >= 15 is 0 Å². The van der Waals surface area contributed by atoms with E-state index in [1.54, 1.807) is 17.6 Å². The zero-order valence-corrected chi connectivity index (χ0v) is 16.2. The quantitative estimate of drug-likeness (QED) is 0.438. The molecule has 0 aliphatic rings. The summed E-state index contributed by atoms with van der Waals surface area (Å²) in [4.78, 5) is 15.9. The van der Waals surface area contributed by atoms with Crippen LogP contribution in [-0.2, 0) is 24.3 Å². The van der Waals surface area contributed by atoms with Crippen LogP contribution in [0.5, 0.6) is 0 Å². The zero-order chi connectivity index (χ0) is 19.2. The predicted molar refractivity (Wildman–Crippen MR) is 109 cm³/mol. The highest BCUT2D eigenvalue weighted by molar-refractivity contribution is 7.09. The standard InChI is InChI=1S/C22H21N3O2S/c26-22(11-10-18-14-23-25(15-18)19-6-2-1-3-7-19)24(16-20-8-4-12-27-20)17-21-9-5-13-28-21/h1-9,12-15H,10-11,16-17H2. The topological polar surface area (TPSA) is 51.3 Å². The van der Waals surface area contributed by atoms with Crippen molar-refractivity contribution in [3.63, 3.8) is 0 Å². The summed E-state index contributed by atoms with van der Waals surface area (Å²) in [5.74, 6) is 0.902. The molecule has 6 heteroatoms. The number of hydrogen-bond donors (Lipinski definition) is 0. The van der Waals surface area contributed by atoms with Gasteiger partial charge in [-0.3, -0.25) is 4.79 Å². The van der Waals surface area contributed by atoms with E-state index in [4.69, 9.17) is 4.42 Å². The molecule has 5 nitrogen and oxygen atoms in total. The fourth-order valence-electron chi connectivity index (χ4n) is 3.03. The van der Waals surface area contributed by atoms with Gasteiger partial charge < -0.3 is 9.32 Å². The largest absolute Gasteiger partial charge is 0.467 e. The molecule has 1 amide bonds. The van der Waals surface area contributed by atoms with Crippen molar-refractivity contribution in [3.05, 3.63) is 94.8 Å². The highest BCUT2D eigenvalue weighted by atomic mass is 32.1. The van der Waals surface area contributed by atoms with E-state index in [1.807, 2.05) is 75.9 Å². The van der Waals surface area contributed by atoms with Crippen molar-refractivity contribution in [1.29, 1.82) is 0 Å². The smallest absolute Gasteiger partial charge is 0.223 e. The summed E-state index contributed by atoms with van der Waals surface area (Å²) >= 11 is 1.66.